The maximum atomic E-state index is 10.8. The molecule has 0 bridgehead atoms. The molecule has 0 radical (unpaired) electrons. The van der Waals surface area contributed by atoms with Crippen LogP contribution in [0.2, 0.25) is 0 Å². The average Bonchev–Trinajstić information content (AvgIpc) is 1.31. The highest BCUT2D eigenvalue weighted by atomic mass is 28.3. The summed E-state index contributed by atoms with van der Waals surface area (Å²) in [7, 11) is -6.71. The first-order valence-corrected chi connectivity index (χ1v) is 20.3. The third-order valence-corrected chi connectivity index (χ3v) is 14.0. The van der Waals surface area contributed by atoms with Gasteiger partial charge >= 0.3 is 0 Å². The Morgan fingerprint density at radius 3 is 1.22 bits per heavy atom. The molecule has 9 aromatic carbocycles. The highest BCUT2D eigenvalue weighted by molar-refractivity contribution is 7.20. The Labute approximate surface area is 419 Å². The van der Waals surface area contributed by atoms with Crippen LogP contribution in [0.3, 0.4) is 0 Å². The van der Waals surface area contributed by atoms with Gasteiger partial charge in [0.2, 0.25) is 11.9 Å². The molecule has 0 saturated carbocycles. The van der Waals surface area contributed by atoms with Gasteiger partial charge < -0.3 is 0 Å². The fourth-order valence-corrected chi connectivity index (χ4v) is 11.0. The highest BCUT2D eigenvalue weighted by Crippen LogP contribution is 2.34. The lowest BCUT2D eigenvalue weighted by Crippen LogP contribution is -2.74. The van der Waals surface area contributed by atoms with Crippen LogP contribution in [0.1, 0.15) is 52.1 Å². The Kier molecular flexibility index (Phi) is 3.52. The predicted octanol–water partition coefficient (Wildman–Crippen LogP) is 10.8. The van der Waals surface area contributed by atoms with Crippen LogP contribution >= 0.6 is 0 Å². The molecule has 5 nitrogen and oxygen atoms in total. The molecule has 3 heterocycles. The lowest BCUT2D eigenvalue weighted by atomic mass is 10.1. The second-order valence-corrected chi connectivity index (χ2v) is 16.7. The predicted molar refractivity (Wildman–Crippen MR) is 263 cm³/mol. The molecule has 6 heteroatoms. The SMILES string of the molecule is [2H]c1cc([Si](c2c([2H])c([2H])c([2H])c([2H])c2[2H])(c2c([2H])c([2H])c([2H])c(-c3nc(-n4c5c([2H])c([2H])c([2H])c([2H])c5c5c([2H])c([2H])c([2H])c([2H])c54)nc(-n4c5c([2H])c([2H])c([2H])c([2H])c5c5c([2H])c([2H])c([2H])c([2H])c54)n3)c2[2H])c2c([2H])c([2H])c([2H])c(-c3c([2H])c([2H])c([2H])c([2H])c3[2H])c2[2H])c([2H])c([2H])c1[2H]. The van der Waals surface area contributed by atoms with E-state index in [2.05, 4.69) is 15.0 Å². The molecule has 0 aliphatic carbocycles. The van der Waals surface area contributed by atoms with Gasteiger partial charge in [0.1, 0.15) is 0 Å². The summed E-state index contributed by atoms with van der Waals surface area (Å²) in [5.74, 6) is -3.55. The molecule has 0 aliphatic heterocycles. The van der Waals surface area contributed by atoms with Gasteiger partial charge in [-0.3, -0.25) is 9.13 Å². The third kappa shape index (κ3) is 5.95. The number of nitrogens with zero attached hydrogens (tertiary/aromatic N) is 5. The zero-order valence-electron chi connectivity index (χ0n) is 69.3. The molecule has 63 heavy (non-hydrogen) atoms. The van der Waals surface area contributed by atoms with Crippen molar-refractivity contribution in [3.63, 3.8) is 0 Å². The van der Waals surface area contributed by atoms with E-state index >= 15 is 0 Å². The van der Waals surface area contributed by atoms with E-state index < -0.39 is 336 Å². The van der Waals surface area contributed by atoms with Crippen LogP contribution in [-0.4, -0.2) is 32.2 Å². The van der Waals surface area contributed by atoms with Crippen molar-refractivity contribution in [1.29, 1.82) is 0 Å². The highest BCUT2D eigenvalue weighted by Gasteiger charge is 2.42. The van der Waals surface area contributed by atoms with E-state index in [9.17, 15) is 28.8 Å². The third-order valence-electron chi connectivity index (χ3n) is 9.88. The van der Waals surface area contributed by atoms with E-state index in [1.165, 1.54) is 0 Å². The van der Waals surface area contributed by atoms with E-state index in [0.717, 1.165) is 0 Å². The molecule has 0 saturated heterocycles. The summed E-state index contributed by atoms with van der Waals surface area (Å²) in [6.45, 7) is 0. The van der Waals surface area contributed by atoms with Gasteiger partial charge in [-0.2, -0.15) is 15.0 Å². The van der Waals surface area contributed by atoms with Crippen molar-refractivity contribution in [3.8, 4) is 34.4 Å². The number of benzene rings is 9. The van der Waals surface area contributed by atoms with Gasteiger partial charge in [-0.15, -0.1) is 0 Å². The summed E-state index contributed by atoms with van der Waals surface area (Å²) >= 11 is 0. The van der Waals surface area contributed by atoms with Gasteiger partial charge in [0.15, 0.2) is 13.9 Å². The standard InChI is InChI=1S/C57H39N5Si/c1-4-20-40(21-5-1)41-22-18-28-45(38-41)63(43-24-6-2-7-25-43,44-26-8-3-9-27-44)46-29-19-23-42(39-46)55-58-56(61-51-34-14-10-30-47(51)48-31-11-15-35-52(48)61)60-57(59-55)62-53-36-16-12-32-49(53)50-33-13-17-37-54(50)62/h1-39H/i1D,2D,3D,4D,5D,6D,7D,8D,9D,10D,11D,12D,13D,14D,15D,16D,17D,18D,19D,20D,21D,22D,23D,24D,25D,26D,28D,29D,30D,31D,32D,33D,34D,35D,36D,37D,38D,39D. The number of fused-ring (bicyclic) bond motifs is 6. The second-order valence-electron chi connectivity index (χ2n) is 13.2. The van der Waals surface area contributed by atoms with Crippen molar-refractivity contribution >= 4 is 72.4 Å². The first-order valence-electron chi connectivity index (χ1n) is 37.3. The number of hydrogen-bond acceptors (Lipinski definition) is 3. The van der Waals surface area contributed by atoms with Crippen LogP contribution in [0.15, 0.2) is 236 Å². The van der Waals surface area contributed by atoms with Gasteiger partial charge in [0, 0.05) is 27.1 Å². The molecule has 0 spiro atoms. The van der Waals surface area contributed by atoms with Crippen molar-refractivity contribution in [2.45, 2.75) is 0 Å². The fraction of sp³-hybridized carbons (Fsp3) is 0. The van der Waals surface area contributed by atoms with Crippen molar-refractivity contribution < 1.29 is 52.1 Å². The second kappa shape index (κ2) is 15.1. The largest absolute Gasteiger partial charge is 0.278 e. The average molecular weight is 860 g/mol. The smallest absolute Gasteiger partial charge is 0.240 e. The maximum Gasteiger partial charge on any atom is 0.240 e. The molecular weight excluding hydrogens is 783 g/mol. The normalized spacial score (nSPS) is 21.0. The number of aromatic nitrogens is 5. The first-order chi connectivity index (χ1) is 47.0. The van der Waals surface area contributed by atoms with Gasteiger partial charge in [-0.1, -0.05) is 212 Å². The molecule has 0 amide bonds. The zero-order chi connectivity index (χ0) is 74.8. The maximum absolute atomic E-state index is 10.8. The summed E-state index contributed by atoms with van der Waals surface area (Å²) < 4.78 is 353. The molecule has 0 fully saturated rings. The molecule has 3 aromatic heterocycles. The minimum Gasteiger partial charge on any atom is -0.278 e. The summed E-state index contributed by atoms with van der Waals surface area (Å²) in [5, 5.41) is -7.57. The molecule has 12 rings (SSSR count). The lowest BCUT2D eigenvalue weighted by molar-refractivity contribution is 0.893. The minimum atomic E-state index is -6.71. The summed E-state index contributed by atoms with van der Waals surface area (Å²) in [5.41, 5.74) is -6.58. The molecule has 1 atom stereocenters. The van der Waals surface area contributed by atoms with E-state index in [4.69, 9.17) is 23.3 Å². The summed E-state index contributed by atoms with van der Waals surface area (Å²) in [6, 6.07) is -43.4. The van der Waals surface area contributed by atoms with Crippen LogP contribution in [0.5, 0.6) is 0 Å². The molecule has 0 aliphatic rings. The van der Waals surface area contributed by atoms with Gasteiger partial charge in [-0.25, -0.2) is 0 Å². The molecule has 12 aromatic rings. The van der Waals surface area contributed by atoms with Crippen LogP contribution < -0.4 is 20.7 Å². The van der Waals surface area contributed by atoms with E-state index in [-0.39, 0.29) is 0 Å². The van der Waals surface area contributed by atoms with Crippen molar-refractivity contribution in [2.75, 3.05) is 0 Å². The van der Waals surface area contributed by atoms with E-state index in [1.54, 1.807) is 0 Å². The Bertz CT molecular complexity index is 5520. The van der Waals surface area contributed by atoms with Gasteiger partial charge in [0.05, 0.1) is 74.2 Å². The summed E-state index contributed by atoms with van der Waals surface area (Å²) in [4.78, 5) is 13.8. The van der Waals surface area contributed by atoms with Crippen LogP contribution in [0.4, 0.5) is 0 Å². The lowest BCUT2D eigenvalue weighted by Gasteiger charge is -2.35. The number of hydrogen-bond donors (Lipinski definition) is 0. The molecule has 0 N–H and O–H groups in total. The number of rotatable bonds is 8. The Hall–Kier alpha value is -8.19. The molecule has 1 unspecified atom stereocenters. The van der Waals surface area contributed by atoms with Gasteiger partial charge in [0.25, 0.3) is 0 Å². The van der Waals surface area contributed by atoms with Crippen LogP contribution in [0, 0.1) is 0 Å². The zero-order valence-corrected chi connectivity index (χ0v) is 32.3. The van der Waals surface area contributed by atoms with E-state index in [1.807, 2.05) is 0 Å². The fourth-order valence-electron chi connectivity index (χ4n) is 7.28. The monoisotopic (exact) mass is 860 g/mol. The van der Waals surface area contributed by atoms with Crippen molar-refractivity contribution in [2.24, 2.45) is 0 Å². The Morgan fingerprint density at radius 2 is 0.698 bits per heavy atom. The molecule has 296 valence electrons. The minimum absolute atomic E-state index is 0.560. The number of para-hydroxylation sites is 4. The topological polar surface area (TPSA) is 48.5 Å². The first kappa shape index (κ1) is 14.7. The quantitative estimate of drug-likeness (QED) is 0.113. The van der Waals surface area contributed by atoms with Crippen molar-refractivity contribution in [3.05, 3.63) is 236 Å². The van der Waals surface area contributed by atoms with E-state index in [0.29, 0.717) is 15.2 Å². The Morgan fingerprint density at radius 1 is 0.317 bits per heavy atom. The van der Waals surface area contributed by atoms with Crippen LogP contribution in [-0.2, 0) is 0 Å². The van der Waals surface area contributed by atoms with Crippen molar-refractivity contribution in [1.82, 2.24) is 24.1 Å². The Balaban J connectivity index is 1.42. The van der Waals surface area contributed by atoms with Crippen LogP contribution in [0.25, 0.3) is 78.0 Å². The van der Waals surface area contributed by atoms with Gasteiger partial charge in [-0.05, 0) is 56.0 Å². The molecular formula is C57H39N5Si. The summed E-state index contributed by atoms with van der Waals surface area (Å²) in [6.07, 6.45) is 0.